The average Bonchev–Trinajstić information content (AvgIpc) is 3.17. The number of rotatable bonds is 5. The van der Waals surface area contributed by atoms with Gasteiger partial charge in [-0.15, -0.1) is 0 Å². The molecule has 31 heavy (non-hydrogen) atoms. The summed E-state index contributed by atoms with van der Waals surface area (Å²) in [6, 6.07) is 13.6. The Morgan fingerprint density at radius 3 is 2.68 bits per heavy atom. The molecule has 6 nitrogen and oxygen atoms in total. The minimum Gasteiger partial charge on any atom is -0.494 e. The largest absolute Gasteiger partial charge is 0.494 e. The molecule has 1 fully saturated rings. The number of likely N-dealkylation sites (tertiary alicyclic amines) is 1. The van der Waals surface area contributed by atoms with E-state index >= 15 is 0 Å². The van der Waals surface area contributed by atoms with Crippen molar-refractivity contribution >= 4 is 45.3 Å². The molecule has 0 saturated carbocycles. The Balaban J connectivity index is 1.55. The summed E-state index contributed by atoms with van der Waals surface area (Å²) in [6.07, 6.45) is 3.71. The van der Waals surface area contributed by atoms with Crippen molar-refractivity contribution in [2.45, 2.75) is 44.9 Å². The third-order valence-electron chi connectivity index (χ3n) is 5.85. The maximum absolute atomic E-state index is 12.1. The van der Waals surface area contributed by atoms with Crippen molar-refractivity contribution in [2.24, 2.45) is 4.99 Å². The summed E-state index contributed by atoms with van der Waals surface area (Å²) in [5, 5.41) is 21.9. The standard InChI is InChI=1S/C24H26IN3O3/c1-24(2,31)21-4-3-11-28(21)14-15-5-8-17(9-6-15)26-13-20-19-12-16(25)7-10-18(19)22(29)27-23(20)30/h5-10,12-13,21,31H,3-4,11,14H2,1-2H3,(H2,27,29,30). The Labute approximate surface area is 194 Å². The van der Waals surface area contributed by atoms with E-state index in [1.165, 1.54) is 5.56 Å². The molecular weight excluding hydrogens is 505 g/mol. The van der Waals surface area contributed by atoms with Gasteiger partial charge in [-0.25, -0.2) is 0 Å². The van der Waals surface area contributed by atoms with E-state index in [4.69, 9.17) is 0 Å². The molecule has 1 aromatic heterocycles. The summed E-state index contributed by atoms with van der Waals surface area (Å²) in [7, 11) is 0. The van der Waals surface area contributed by atoms with Gasteiger partial charge in [-0.3, -0.25) is 19.7 Å². The van der Waals surface area contributed by atoms with Gasteiger partial charge < -0.3 is 10.2 Å². The van der Waals surface area contributed by atoms with Crippen LogP contribution in [0.5, 0.6) is 5.88 Å². The molecule has 0 amide bonds. The third kappa shape index (κ3) is 4.83. The number of fused-ring (bicyclic) bond motifs is 1. The normalized spacial score (nSPS) is 17.7. The zero-order chi connectivity index (χ0) is 22.2. The van der Waals surface area contributed by atoms with Crippen LogP contribution in [0, 0.1) is 3.57 Å². The van der Waals surface area contributed by atoms with Crippen LogP contribution in [0.1, 0.15) is 37.8 Å². The monoisotopic (exact) mass is 531 g/mol. The molecule has 1 aliphatic heterocycles. The first-order chi connectivity index (χ1) is 14.7. The first-order valence-corrected chi connectivity index (χ1v) is 11.4. The molecule has 3 N–H and O–H groups in total. The van der Waals surface area contributed by atoms with Crippen LogP contribution in [0.4, 0.5) is 5.69 Å². The fraction of sp³-hybridized carbons (Fsp3) is 0.333. The second kappa shape index (κ2) is 8.72. The minimum absolute atomic E-state index is 0.171. The summed E-state index contributed by atoms with van der Waals surface area (Å²) < 4.78 is 0.973. The number of halogens is 1. The molecule has 1 unspecified atom stereocenters. The van der Waals surface area contributed by atoms with Crippen molar-refractivity contribution in [2.75, 3.05) is 6.54 Å². The van der Waals surface area contributed by atoms with E-state index in [-0.39, 0.29) is 17.5 Å². The summed E-state index contributed by atoms with van der Waals surface area (Å²) in [5.74, 6) is -0.188. The van der Waals surface area contributed by atoms with Gasteiger partial charge in [0.15, 0.2) is 0 Å². The zero-order valence-corrected chi connectivity index (χ0v) is 19.8. The van der Waals surface area contributed by atoms with E-state index in [0.717, 1.165) is 35.2 Å². The Kier molecular flexibility index (Phi) is 6.18. The second-order valence-corrected chi connectivity index (χ2v) is 9.86. The van der Waals surface area contributed by atoms with Crippen molar-refractivity contribution in [3.05, 3.63) is 67.5 Å². The van der Waals surface area contributed by atoms with Crippen molar-refractivity contribution in [3.63, 3.8) is 0 Å². The van der Waals surface area contributed by atoms with Gasteiger partial charge in [0.2, 0.25) is 5.88 Å². The van der Waals surface area contributed by atoms with E-state index in [9.17, 15) is 15.0 Å². The Morgan fingerprint density at radius 1 is 1.23 bits per heavy atom. The van der Waals surface area contributed by atoms with Crippen LogP contribution in [0.15, 0.2) is 52.3 Å². The molecule has 4 rings (SSSR count). The Bertz CT molecular complexity index is 1180. The number of aromatic amines is 1. The number of aliphatic hydroxyl groups is 1. The second-order valence-electron chi connectivity index (χ2n) is 8.61. The van der Waals surface area contributed by atoms with Crippen molar-refractivity contribution in [1.29, 1.82) is 0 Å². The molecule has 2 heterocycles. The predicted octanol–water partition coefficient (Wildman–Crippen LogP) is 4.32. The number of hydrogen-bond donors (Lipinski definition) is 3. The highest BCUT2D eigenvalue weighted by Gasteiger charge is 2.35. The van der Waals surface area contributed by atoms with Gasteiger partial charge in [0.05, 0.1) is 16.9 Å². The average molecular weight is 531 g/mol. The third-order valence-corrected chi connectivity index (χ3v) is 6.52. The van der Waals surface area contributed by atoms with E-state index in [1.54, 1.807) is 12.3 Å². The molecule has 1 atom stereocenters. The first-order valence-electron chi connectivity index (χ1n) is 10.4. The lowest BCUT2D eigenvalue weighted by Crippen LogP contribution is -2.45. The maximum Gasteiger partial charge on any atom is 0.258 e. The lowest BCUT2D eigenvalue weighted by Gasteiger charge is -2.33. The molecule has 162 valence electrons. The van der Waals surface area contributed by atoms with E-state index < -0.39 is 5.60 Å². The Morgan fingerprint density at radius 2 is 1.97 bits per heavy atom. The maximum atomic E-state index is 12.1. The number of hydrogen-bond acceptors (Lipinski definition) is 5. The summed E-state index contributed by atoms with van der Waals surface area (Å²) >= 11 is 2.18. The zero-order valence-electron chi connectivity index (χ0n) is 17.6. The van der Waals surface area contributed by atoms with Crippen LogP contribution in [0.3, 0.4) is 0 Å². The number of aromatic nitrogens is 1. The van der Waals surface area contributed by atoms with Gasteiger partial charge in [-0.2, -0.15) is 0 Å². The molecule has 0 radical (unpaired) electrons. The topological polar surface area (TPSA) is 88.9 Å². The van der Waals surface area contributed by atoms with E-state index in [0.29, 0.717) is 16.3 Å². The molecule has 2 aromatic carbocycles. The van der Waals surface area contributed by atoms with E-state index in [1.807, 2.05) is 50.2 Å². The molecule has 3 aromatic rings. The highest BCUT2D eigenvalue weighted by atomic mass is 127. The van der Waals surface area contributed by atoms with Crippen LogP contribution >= 0.6 is 22.6 Å². The smallest absolute Gasteiger partial charge is 0.258 e. The Hall–Kier alpha value is -2.23. The number of nitrogens with zero attached hydrogens (tertiary/aromatic N) is 2. The molecule has 1 saturated heterocycles. The molecule has 0 bridgehead atoms. The van der Waals surface area contributed by atoms with Gasteiger partial charge in [-0.05, 0) is 91.7 Å². The highest BCUT2D eigenvalue weighted by molar-refractivity contribution is 14.1. The van der Waals surface area contributed by atoms with Crippen molar-refractivity contribution in [3.8, 4) is 5.88 Å². The van der Waals surface area contributed by atoms with Crippen LogP contribution in [-0.4, -0.2) is 44.5 Å². The van der Waals surface area contributed by atoms with Gasteiger partial charge >= 0.3 is 0 Å². The predicted molar refractivity (Wildman–Crippen MR) is 132 cm³/mol. The minimum atomic E-state index is -0.708. The van der Waals surface area contributed by atoms with Crippen LogP contribution in [0.25, 0.3) is 10.8 Å². The van der Waals surface area contributed by atoms with Crippen molar-refractivity contribution in [1.82, 2.24) is 9.88 Å². The van der Waals surface area contributed by atoms with Crippen LogP contribution in [-0.2, 0) is 6.54 Å². The SMILES string of the molecule is CC(C)(O)C1CCCN1Cc1ccc(N=Cc2c(O)[nH]c(=O)c3ccc(I)cc23)cc1. The lowest BCUT2D eigenvalue weighted by atomic mass is 9.96. The van der Waals surface area contributed by atoms with Crippen LogP contribution < -0.4 is 5.56 Å². The number of aliphatic imine (C=N–C) groups is 1. The number of pyridine rings is 1. The number of H-pyrrole nitrogens is 1. The fourth-order valence-corrected chi connectivity index (χ4v) is 4.81. The van der Waals surface area contributed by atoms with Gasteiger partial charge in [0, 0.05) is 33.1 Å². The van der Waals surface area contributed by atoms with Crippen LogP contribution in [0.2, 0.25) is 0 Å². The summed E-state index contributed by atoms with van der Waals surface area (Å²) in [6.45, 7) is 5.55. The van der Waals surface area contributed by atoms with Gasteiger partial charge in [-0.1, -0.05) is 12.1 Å². The molecule has 1 aliphatic rings. The molecular formula is C24H26IN3O3. The summed E-state index contributed by atoms with van der Waals surface area (Å²) in [4.78, 5) is 21.5. The quantitative estimate of drug-likeness (QED) is 0.338. The molecule has 0 aliphatic carbocycles. The van der Waals surface area contributed by atoms with Gasteiger partial charge in [0.1, 0.15) is 0 Å². The van der Waals surface area contributed by atoms with Gasteiger partial charge in [0.25, 0.3) is 5.56 Å². The highest BCUT2D eigenvalue weighted by Crippen LogP contribution is 2.29. The summed E-state index contributed by atoms with van der Waals surface area (Å²) in [5.41, 5.74) is 1.38. The molecule has 7 heteroatoms. The van der Waals surface area contributed by atoms with Crippen molar-refractivity contribution < 1.29 is 10.2 Å². The lowest BCUT2D eigenvalue weighted by molar-refractivity contribution is -0.00501. The number of nitrogens with one attached hydrogen (secondary N) is 1. The van der Waals surface area contributed by atoms with E-state index in [2.05, 4.69) is 37.5 Å². The number of aromatic hydroxyl groups is 1. The number of benzene rings is 2. The first kappa shape index (κ1) is 22.0. The molecule has 0 spiro atoms. The fourth-order valence-electron chi connectivity index (χ4n) is 4.31.